The van der Waals surface area contributed by atoms with Crippen LogP contribution >= 0.6 is 43.2 Å². The summed E-state index contributed by atoms with van der Waals surface area (Å²) in [6, 6.07) is -8.67. The van der Waals surface area contributed by atoms with Crippen molar-refractivity contribution in [2.45, 2.75) is 305 Å². The van der Waals surface area contributed by atoms with Crippen molar-refractivity contribution in [2.75, 3.05) is 62.3 Å². The number of aromatic hydroxyl groups is 2. The molecule has 4 heterocycles. The highest BCUT2D eigenvalue weighted by Gasteiger charge is 2.45. The zero-order chi connectivity index (χ0) is 111. The van der Waals surface area contributed by atoms with Crippen molar-refractivity contribution in [1.29, 1.82) is 0 Å². The summed E-state index contributed by atoms with van der Waals surface area (Å²) in [6.45, 7) is 5.85. The summed E-state index contributed by atoms with van der Waals surface area (Å²) in [6.07, 6.45) is 2.62. The van der Waals surface area contributed by atoms with Gasteiger partial charge >= 0.3 is 0 Å². The number of carbonyl (C=O) groups excluding carboxylic acids is 24. The van der Waals surface area contributed by atoms with Crippen LogP contribution in [0.25, 0.3) is 0 Å². The molecular formula is C96H146N24O26S4. The maximum absolute atomic E-state index is 14.9. The van der Waals surface area contributed by atoms with Gasteiger partial charge in [-0.25, -0.2) is 0 Å². The summed E-state index contributed by atoms with van der Waals surface area (Å²) in [4.78, 5) is 329. The molecule has 830 valence electrons. The number of carbonyl (C=O) groups is 24. The molecule has 0 radical (unpaired) electrons. The number of nitrogens with two attached hydrogens (primary N) is 6. The fourth-order valence-corrected chi connectivity index (χ4v) is 20.9. The topological polar surface area (TPSA) is 805 Å². The maximum Gasteiger partial charge on any atom is 0.246 e. The maximum atomic E-state index is 14.9. The van der Waals surface area contributed by atoms with Crippen molar-refractivity contribution >= 4 is 185 Å². The zero-order valence-corrected chi connectivity index (χ0v) is 88.1. The Morgan fingerprint density at radius 1 is 0.380 bits per heavy atom. The quantitative estimate of drug-likeness (QED) is 0.0219. The van der Waals surface area contributed by atoms with Gasteiger partial charge in [0.2, 0.25) is 142 Å². The Labute approximate surface area is 884 Å². The fourth-order valence-electron chi connectivity index (χ4n) is 16.6. The number of phenols is 2. The highest BCUT2D eigenvalue weighted by atomic mass is 33.1. The van der Waals surface area contributed by atoms with Gasteiger partial charge in [0.15, 0.2) is 0 Å². The number of amides is 24. The Kier molecular flexibility index (Phi) is 55.4. The van der Waals surface area contributed by atoms with E-state index in [1.165, 1.54) is 58.3 Å². The third kappa shape index (κ3) is 45.6. The van der Waals surface area contributed by atoms with E-state index in [1.54, 1.807) is 27.7 Å². The summed E-state index contributed by atoms with van der Waals surface area (Å²) in [5, 5.41) is 61.7. The van der Waals surface area contributed by atoms with Gasteiger partial charge in [0.25, 0.3) is 0 Å². The number of hydrogen-bond acceptors (Lipinski definition) is 30. The minimum Gasteiger partial charge on any atom is -0.508 e. The van der Waals surface area contributed by atoms with Gasteiger partial charge in [-0.1, -0.05) is 134 Å². The number of likely N-dealkylation sites (tertiary alicyclic amines) is 2. The molecule has 0 aromatic heterocycles. The largest absolute Gasteiger partial charge is 0.508 e. The first-order valence-electron chi connectivity index (χ1n) is 50.4. The van der Waals surface area contributed by atoms with Crippen LogP contribution in [0.2, 0.25) is 0 Å². The SMILES string of the molecule is CC[C@H](C)[C@@H]1NC(=O)[C@H](Cc2ccc(O)cc2)NC(=O)CCSSC[C@@H](C(=O)N2CCC[C@H]2C(=O)N[C@@H](CCCCNC(=O)CCCCCCCCC(=O)NCCCC[C@H](NC(=O)[C@@H]2CCCN2C(=O)[C@@H]2CSSCCC(=O)N[C@@H](Cc3ccc(O)cc3)C(=O)N[C@@H]([C@@H](C)CC)C(=O)N[C@@H](CCC(N)=O)C(=O)N[C@@H](CC(N)=O)C(=O)N2)C(=O)NCC(N)=O)C(=O)NCC(N)=O)NC(=O)[C@H](CC(N)=O)NC(=O)[C@H](CCC(N)=O)NC1=O. The van der Waals surface area contributed by atoms with Gasteiger partial charge < -0.3 is 139 Å². The molecule has 24 amide bonds. The standard InChI is InChI=1S/C96H146N24O26S4/c1-5-53(3)81-93(143)111-61(33-35-71(97)123)85(135)113-65(47-73(99)125)87(137)115-67(51-149-147-43-37-79(131)107-63(89(139)117-81)45-55-25-29-57(121)30-26-55)95(145)119-41-17-21-69(119)91(141)109-59(83(133)105-49-75(101)127)19-13-15-39-103-77(129)23-11-9-7-8-10-12-24-78(130)104-40-16-14-20-60(84(134)106-50-76(102)128)110-92(142)70-22-18-42-120(70)96(146)68-52-150-148-44-38-80(132)108-64(46-56-27-31-58(122)32-28-56)90(140)118-82(54(4)6-2)94(144)112-62(34-36-72(98)124)86(136)114-66(48-74(100)126)88(138)116-68/h25-32,53-54,59-70,81-82,121-122H,5-24,33-52H2,1-4H3,(H2,97,123)(H2,98,124)(H2,99,125)(H2,100,126)(H2,101,127)(H2,102,128)(H,103,129)(H,104,130)(H,105,133)(H,106,134)(H,107,131)(H,108,132)(H,109,141)(H,110,142)(H,111,143)(H,112,144)(H,113,135)(H,114,136)(H,115,137)(H,116,138)(H,117,139)(H,118,140)/t53-,54-,59-,60-,61-,62-,63-,64-,65-,66-,67-,68-,69-,70-,81-,82-/m0/s1. The second kappa shape index (κ2) is 66.3. The summed E-state index contributed by atoms with van der Waals surface area (Å²) in [5.74, 6) is -21.7. The number of nitrogens with one attached hydrogen (secondary N) is 16. The van der Waals surface area contributed by atoms with Crippen LogP contribution in [0.5, 0.6) is 11.5 Å². The second-order valence-electron chi connectivity index (χ2n) is 37.3. The van der Waals surface area contributed by atoms with Crippen molar-refractivity contribution in [2.24, 2.45) is 46.2 Å². The van der Waals surface area contributed by atoms with E-state index in [1.807, 2.05) is 0 Å². The lowest BCUT2D eigenvalue weighted by molar-refractivity contribution is -0.142. The van der Waals surface area contributed by atoms with Gasteiger partial charge in [0, 0.05) is 101 Å². The molecule has 0 saturated carbocycles. The third-order valence-corrected chi connectivity index (χ3v) is 30.2. The molecule has 2 aromatic rings. The minimum absolute atomic E-state index is 0.0193. The molecule has 0 spiro atoms. The van der Waals surface area contributed by atoms with E-state index in [2.05, 4.69) is 85.1 Å². The van der Waals surface area contributed by atoms with Crippen LogP contribution in [-0.4, -0.2) is 309 Å². The molecule has 4 aliphatic rings. The van der Waals surface area contributed by atoms with E-state index >= 15 is 0 Å². The van der Waals surface area contributed by atoms with Crippen LogP contribution in [0, 0.1) is 11.8 Å². The molecule has 54 heteroatoms. The van der Waals surface area contributed by atoms with E-state index in [9.17, 15) is 125 Å². The van der Waals surface area contributed by atoms with Gasteiger partial charge in [-0.2, -0.15) is 0 Å². The third-order valence-electron chi connectivity index (χ3n) is 25.4. The van der Waals surface area contributed by atoms with Crippen LogP contribution in [0.1, 0.15) is 219 Å². The Balaban J connectivity index is 0.987. The van der Waals surface area contributed by atoms with E-state index in [0.717, 1.165) is 56.0 Å². The highest BCUT2D eigenvalue weighted by molar-refractivity contribution is 8.77. The molecule has 6 rings (SSSR count). The molecule has 0 aliphatic carbocycles. The molecular weight excluding hydrogens is 2030 g/mol. The van der Waals surface area contributed by atoms with Crippen molar-refractivity contribution in [3.63, 3.8) is 0 Å². The van der Waals surface area contributed by atoms with Gasteiger partial charge in [0.1, 0.15) is 96.1 Å². The lowest BCUT2D eigenvalue weighted by atomic mass is 9.96. The second-order valence-corrected chi connectivity index (χ2v) is 42.6. The van der Waals surface area contributed by atoms with Crippen LogP contribution in [0.3, 0.4) is 0 Å². The molecule has 0 unspecified atom stereocenters. The Hall–Kier alpha value is -13.3. The summed E-state index contributed by atoms with van der Waals surface area (Å²) < 4.78 is 0. The predicted octanol–water partition coefficient (Wildman–Crippen LogP) is -4.48. The molecule has 50 nitrogen and oxygen atoms in total. The molecule has 30 N–H and O–H groups in total. The molecule has 2 aromatic carbocycles. The Bertz CT molecular complexity index is 4710. The molecule has 4 fully saturated rings. The molecule has 4 saturated heterocycles. The van der Waals surface area contributed by atoms with Crippen molar-refractivity contribution in [1.82, 2.24) is 94.9 Å². The molecule has 4 aliphatic heterocycles. The first-order chi connectivity index (χ1) is 71.3. The smallest absolute Gasteiger partial charge is 0.246 e. The molecule has 0 bridgehead atoms. The summed E-state index contributed by atoms with van der Waals surface area (Å²) >= 11 is 0. The van der Waals surface area contributed by atoms with Gasteiger partial charge in [-0.3, -0.25) is 115 Å². The first-order valence-corrected chi connectivity index (χ1v) is 55.4. The minimum atomic E-state index is -1.82. The van der Waals surface area contributed by atoms with Gasteiger partial charge in [-0.05, 0) is 137 Å². The number of hydrogen-bond donors (Lipinski definition) is 24. The van der Waals surface area contributed by atoms with Crippen LogP contribution in [0.15, 0.2) is 48.5 Å². The molecule has 150 heavy (non-hydrogen) atoms. The van der Waals surface area contributed by atoms with Crippen LogP contribution in [-0.2, 0) is 128 Å². The van der Waals surface area contributed by atoms with E-state index < -0.39 is 278 Å². The average Bonchev–Trinajstić information content (AvgIpc) is 1.68. The van der Waals surface area contributed by atoms with Crippen molar-refractivity contribution in [3.05, 3.63) is 59.7 Å². The predicted molar refractivity (Wildman–Crippen MR) is 554 cm³/mol. The Morgan fingerprint density at radius 3 is 1.06 bits per heavy atom. The Morgan fingerprint density at radius 2 is 0.720 bits per heavy atom. The van der Waals surface area contributed by atoms with Gasteiger partial charge in [0.05, 0.1) is 25.9 Å². The number of benzene rings is 2. The highest BCUT2D eigenvalue weighted by Crippen LogP contribution is 2.30. The van der Waals surface area contributed by atoms with Crippen molar-refractivity contribution < 1.29 is 125 Å². The fraction of sp³-hybridized carbons (Fsp3) is 0.625. The van der Waals surface area contributed by atoms with Crippen LogP contribution in [0.4, 0.5) is 0 Å². The normalized spacial score (nSPS) is 22.2. The van der Waals surface area contributed by atoms with Gasteiger partial charge in [-0.15, -0.1) is 0 Å². The summed E-state index contributed by atoms with van der Waals surface area (Å²) in [5.41, 5.74) is 33.9. The lowest BCUT2D eigenvalue weighted by Gasteiger charge is -2.31. The number of nitrogens with zero attached hydrogens (tertiary/aromatic N) is 2. The zero-order valence-electron chi connectivity index (χ0n) is 84.8. The first kappa shape index (κ1) is 125. The molecule has 16 atom stereocenters. The number of primary amides is 6. The van der Waals surface area contributed by atoms with E-state index in [4.69, 9.17) is 34.4 Å². The van der Waals surface area contributed by atoms with Crippen LogP contribution < -0.4 is 119 Å². The number of phenolic OH excluding ortho intramolecular Hbond substituents is 2. The van der Waals surface area contributed by atoms with E-state index in [-0.39, 0.29) is 162 Å². The lowest BCUT2D eigenvalue weighted by Crippen LogP contribution is -2.61. The van der Waals surface area contributed by atoms with E-state index in [0.29, 0.717) is 62.5 Å². The van der Waals surface area contributed by atoms with Crippen molar-refractivity contribution in [3.8, 4) is 11.5 Å². The number of unbranched alkanes of at least 4 members (excludes halogenated alkanes) is 7. The average molecular weight is 2180 g/mol. The monoisotopic (exact) mass is 2180 g/mol. The summed E-state index contributed by atoms with van der Waals surface area (Å²) in [7, 11) is 4.25. The number of rotatable bonds is 49.